The zero-order valence-corrected chi connectivity index (χ0v) is 29.5. The fourth-order valence-electron chi connectivity index (χ4n) is 7.50. The maximum absolute atomic E-state index is 3.88. The van der Waals surface area contributed by atoms with Crippen LogP contribution in [0.3, 0.4) is 0 Å². The number of rotatable bonds is 12. The summed E-state index contributed by atoms with van der Waals surface area (Å²) >= 11 is 11.6. The summed E-state index contributed by atoms with van der Waals surface area (Å²) in [5.41, 5.74) is 9.17. The van der Waals surface area contributed by atoms with Crippen LogP contribution in [-0.4, -0.2) is 0 Å². The van der Waals surface area contributed by atoms with Gasteiger partial charge in [0.15, 0.2) is 0 Å². The van der Waals surface area contributed by atoms with Crippen LogP contribution in [0.15, 0.2) is 56.1 Å². The molecule has 0 fully saturated rings. The molecule has 2 heterocycles. The maximum atomic E-state index is 3.88. The van der Waals surface area contributed by atoms with Crippen LogP contribution >= 0.6 is 54.5 Å². The van der Waals surface area contributed by atoms with Gasteiger partial charge < -0.3 is 0 Å². The van der Waals surface area contributed by atoms with Crippen LogP contribution in [0.25, 0.3) is 32.7 Å². The summed E-state index contributed by atoms with van der Waals surface area (Å²) in [7, 11) is 0. The normalized spacial score (nSPS) is 13.9. The largest absolute Gasteiger partial charge is 0.128 e. The van der Waals surface area contributed by atoms with Crippen molar-refractivity contribution in [2.45, 2.75) is 90.9 Å². The van der Waals surface area contributed by atoms with Crippen molar-refractivity contribution in [1.29, 1.82) is 0 Å². The van der Waals surface area contributed by atoms with E-state index in [0.717, 1.165) is 12.8 Å². The summed E-state index contributed by atoms with van der Waals surface area (Å²) in [6, 6.07) is 19.1. The van der Waals surface area contributed by atoms with E-state index in [0.29, 0.717) is 0 Å². The molecule has 0 unspecified atom stereocenters. The van der Waals surface area contributed by atoms with Gasteiger partial charge in [-0.25, -0.2) is 0 Å². The Morgan fingerprint density at radius 2 is 1.05 bits per heavy atom. The predicted molar refractivity (Wildman–Crippen MR) is 193 cm³/mol. The van der Waals surface area contributed by atoms with E-state index in [-0.39, 0.29) is 0 Å². The second kappa shape index (κ2) is 12.3. The minimum Gasteiger partial charge on any atom is -0.128 e. The topological polar surface area (TPSA) is 0 Å². The Morgan fingerprint density at radius 3 is 1.48 bits per heavy atom. The molecule has 0 atom stereocenters. The van der Waals surface area contributed by atoms with E-state index in [1.165, 1.54) is 136 Å². The van der Waals surface area contributed by atoms with Crippen LogP contribution in [0.2, 0.25) is 0 Å². The van der Waals surface area contributed by atoms with E-state index in [1.54, 1.807) is 11.1 Å². The van der Waals surface area contributed by atoms with Crippen LogP contribution < -0.4 is 10.4 Å². The maximum Gasteiger partial charge on any atom is 0.0707 e. The Hall–Kier alpha value is -1.72. The summed E-state index contributed by atoms with van der Waals surface area (Å²) in [6.45, 7) is 4.60. The zero-order chi connectivity index (χ0) is 28.8. The lowest BCUT2D eigenvalue weighted by Crippen LogP contribution is -2.16. The minimum atomic E-state index is 1.03. The summed E-state index contributed by atoms with van der Waals surface area (Å²) in [5, 5.41) is 8.97. The van der Waals surface area contributed by atoms with E-state index in [1.807, 2.05) is 22.7 Å². The van der Waals surface area contributed by atoms with Crippen molar-refractivity contribution in [3.63, 3.8) is 0 Å². The molecule has 4 heteroatoms. The first kappa shape index (κ1) is 29.0. The van der Waals surface area contributed by atoms with Gasteiger partial charge in [0, 0.05) is 22.6 Å². The highest BCUT2D eigenvalue weighted by molar-refractivity contribution is 9.11. The highest BCUT2D eigenvalue weighted by Gasteiger charge is 2.28. The smallest absolute Gasteiger partial charge is 0.0707 e. The molecule has 216 valence electrons. The van der Waals surface area contributed by atoms with E-state index >= 15 is 0 Å². The number of fused-ring (bicyclic) bond motifs is 2. The molecule has 0 N–H and O–H groups in total. The van der Waals surface area contributed by atoms with Gasteiger partial charge in [-0.05, 0) is 135 Å². The van der Waals surface area contributed by atoms with Crippen molar-refractivity contribution in [3.8, 4) is 0 Å². The van der Waals surface area contributed by atoms with Gasteiger partial charge in [-0.2, -0.15) is 0 Å². The highest BCUT2D eigenvalue weighted by Crippen LogP contribution is 2.41. The molecule has 0 amide bonds. The van der Waals surface area contributed by atoms with Crippen LogP contribution in [0.5, 0.6) is 0 Å². The monoisotopic (exact) mass is 716 g/mol. The molecule has 2 aliphatic rings. The third-order valence-electron chi connectivity index (χ3n) is 9.38. The third kappa shape index (κ3) is 5.09. The van der Waals surface area contributed by atoms with Gasteiger partial charge in [0.25, 0.3) is 0 Å². The summed E-state index contributed by atoms with van der Waals surface area (Å²) in [5.74, 6) is 0. The van der Waals surface area contributed by atoms with Gasteiger partial charge in [-0.15, -0.1) is 22.7 Å². The SMILES string of the molecule is CCCCCCc1cc(Br)sc1C1=c2c3cccc4c3c(c3cccc(c23)C1)=C(c1sc(Br)cc1CCCCCC)C4. The van der Waals surface area contributed by atoms with E-state index in [2.05, 4.69) is 94.2 Å². The number of benzene rings is 3. The third-order valence-corrected chi connectivity index (χ3v) is 12.9. The van der Waals surface area contributed by atoms with Gasteiger partial charge in [-0.3, -0.25) is 0 Å². The average Bonchev–Trinajstić information content (AvgIpc) is 3.75. The van der Waals surface area contributed by atoms with Crippen LogP contribution in [0.1, 0.15) is 97.2 Å². The second-order valence-electron chi connectivity index (χ2n) is 12.2. The zero-order valence-electron chi connectivity index (χ0n) is 24.7. The predicted octanol–water partition coefficient (Wildman–Crippen LogP) is 11.4. The van der Waals surface area contributed by atoms with Gasteiger partial charge >= 0.3 is 0 Å². The first-order valence-corrected chi connectivity index (χ1v) is 19.1. The Bertz CT molecular complexity index is 1800. The molecule has 0 nitrogen and oxygen atoms in total. The summed E-state index contributed by atoms with van der Waals surface area (Å²) in [4.78, 5) is 3.02. The average molecular weight is 719 g/mol. The first-order chi connectivity index (χ1) is 20.6. The number of thiophene rings is 2. The molecule has 0 saturated heterocycles. The summed E-state index contributed by atoms with van der Waals surface area (Å²) < 4.78 is 2.53. The molecule has 0 radical (unpaired) electrons. The second-order valence-corrected chi connectivity index (χ2v) is 17.0. The molecular weight excluding hydrogens is 680 g/mol. The quantitative estimate of drug-likeness (QED) is 0.0890. The fourth-order valence-corrected chi connectivity index (χ4v) is 11.0. The highest BCUT2D eigenvalue weighted by atomic mass is 79.9. The van der Waals surface area contributed by atoms with E-state index in [9.17, 15) is 0 Å². The molecule has 42 heavy (non-hydrogen) atoms. The Labute approximate surface area is 274 Å². The lowest BCUT2D eigenvalue weighted by molar-refractivity contribution is 0.667. The number of hydrogen-bond donors (Lipinski definition) is 0. The number of aryl methyl sites for hydroxylation is 2. The minimum absolute atomic E-state index is 1.03. The molecule has 5 aromatic rings. The van der Waals surface area contributed by atoms with Crippen molar-refractivity contribution in [1.82, 2.24) is 0 Å². The van der Waals surface area contributed by atoms with Crippen molar-refractivity contribution in [3.05, 3.63) is 98.5 Å². The molecular formula is C38H38Br2S2. The molecule has 2 aliphatic carbocycles. The van der Waals surface area contributed by atoms with Crippen LogP contribution in [0, 0.1) is 0 Å². The molecule has 0 spiro atoms. The molecule has 3 aromatic carbocycles. The van der Waals surface area contributed by atoms with Gasteiger partial charge in [-0.1, -0.05) is 88.8 Å². The molecule has 2 aromatic heterocycles. The van der Waals surface area contributed by atoms with Crippen molar-refractivity contribution in [2.24, 2.45) is 0 Å². The van der Waals surface area contributed by atoms with Crippen molar-refractivity contribution in [2.75, 3.05) is 0 Å². The fraction of sp³-hybridized carbons (Fsp3) is 0.368. The number of unbranched alkanes of at least 4 members (excludes halogenated alkanes) is 6. The summed E-state index contributed by atoms with van der Waals surface area (Å²) in [6.07, 6.45) is 14.8. The molecule has 0 aliphatic heterocycles. The van der Waals surface area contributed by atoms with Crippen molar-refractivity contribution < 1.29 is 0 Å². The first-order valence-electron chi connectivity index (χ1n) is 15.9. The van der Waals surface area contributed by atoms with Gasteiger partial charge in [0.1, 0.15) is 0 Å². The Balaban J connectivity index is 1.46. The Morgan fingerprint density at radius 1 is 0.595 bits per heavy atom. The van der Waals surface area contributed by atoms with Crippen LogP contribution in [-0.2, 0) is 25.7 Å². The Kier molecular flexibility index (Phi) is 8.53. The standard InChI is InChI=1S/C38H38Br2S2/c1-3-5-7-9-13-25-21-31(39)41-37(25)29-19-23-15-11-18-28-33(23)35(29)27-17-12-16-24-20-30(36(28)34(24)27)38-26(22-32(40)42-38)14-10-8-6-4-2/h11-12,15-18,21-22H,3-10,13-14,19-20H2,1-2H3. The van der Waals surface area contributed by atoms with Gasteiger partial charge in [0.05, 0.1) is 7.57 Å². The van der Waals surface area contributed by atoms with Gasteiger partial charge in [0.2, 0.25) is 0 Å². The lowest BCUT2D eigenvalue weighted by atomic mass is 9.96. The number of hydrogen-bond acceptors (Lipinski definition) is 2. The van der Waals surface area contributed by atoms with E-state index < -0.39 is 0 Å². The van der Waals surface area contributed by atoms with Crippen LogP contribution in [0.4, 0.5) is 0 Å². The van der Waals surface area contributed by atoms with E-state index in [4.69, 9.17) is 0 Å². The lowest BCUT2D eigenvalue weighted by Gasteiger charge is -2.09. The molecule has 7 rings (SSSR count). The molecule has 0 saturated carbocycles. The van der Waals surface area contributed by atoms with Crippen molar-refractivity contribution >= 4 is 87.2 Å². The molecule has 0 bridgehead atoms. The number of halogens is 2.